The molecule has 110 valence electrons. The molecule has 0 heterocycles. The lowest BCUT2D eigenvalue weighted by Crippen LogP contribution is -2.35. The minimum absolute atomic E-state index is 0. The van der Waals surface area contributed by atoms with E-state index in [1.165, 1.54) is 12.8 Å². The maximum atomic E-state index is 5.44. The van der Waals surface area contributed by atoms with Crippen molar-refractivity contribution in [3.63, 3.8) is 0 Å². The first-order valence-corrected chi connectivity index (χ1v) is 6.68. The highest BCUT2D eigenvalue weighted by molar-refractivity contribution is 5.93. The van der Waals surface area contributed by atoms with Crippen LogP contribution in [0.4, 0.5) is 0 Å². The average molecular weight is 296 g/mol. The normalized spacial score (nSPS) is 15.5. The van der Waals surface area contributed by atoms with Crippen molar-refractivity contribution < 1.29 is 0 Å². The lowest BCUT2D eigenvalue weighted by Gasteiger charge is -2.12. The Hall–Kier alpha value is -1.75. The summed E-state index contributed by atoms with van der Waals surface area (Å²) >= 11 is 0. The van der Waals surface area contributed by atoms with Crippen LogP contribution in [0.2, 0.25) is 0 Å². The molecule has 1 saturated carbocycles. The van der Waals surface area contributed by atoms with Crippen LogP contribution >= 0.6 is 12.4 Å². The van der Waals surface area contributed by atoms with Gasteiger partial charge in [0, 0.05) is 6.04 Å². The van der Waals surface area contributed by atoms with Crippen molar-refractivity contribution in [2.75, 3.05) is 0 Å². The Morgan fingerprint density at radius 3 is 2.40 bits per heavy atom. The summed E-state index contributed by atoms with van der Waals surface area (Å²) < 4.78 is 0. The summed E-state index contributed by atoms with van der Waals surface area (Å²) in [6.07, 6.45) is 4.83. The molecule has 0 unspecified atom stereocenters. The van der Waals surface area contributed by atoms with Gasteiger partial charge in [-0.3, -0.25) is 0 Å². The summed E-state index contributed by atoms with van der Waals surface area (Å²) in [5.41, 5.74) is 12.0. The van der Waals surface area contributed by atoms with Gasteiger partial charge in [0.15, 0.2) is 5.96 Å². The summed E-state index contributed by atoms with van der Waals surface area (Å²) in [5, 5.41) is 3.32. The molecule has 1 aliphatic rings. The van der Waals surface area contributed by atoms with Crippen LogP contribution in [-0.2, 0) is 6.54 Å². The first kappa shape index (κ1) is 16.3. The molecule has 1 aromatic rings. The summed E-state index contributed by atoms with van der Waals surface area (Å²) in [5.74, 6) is 0.577. The maximum absolute atomic E-state index is 5.44. The van der Waals surface area contributed by atoms with E-state index in [0.717, 1.165) is 18.4 Å². The standard InChI is InChI=1S/C14H21N5.ClH/c15-13(16)19-14(18-12-8-4-5-9-12)17-10-11-6-2-1-3-7-11;/h1-3,6-7,12H,4-5,8-10H2,(H5,15,16,17,18,19);1H. The van der Waals surface area contributed by atoms with E-state index in [0.29, 0.717) is 18.5 Å². The summed E-state index contributed by atoms with van der Waals surface area (Å²) in [7, 11) is 0. The summed E-state index contributed by atoms with van der Waals surface area (Å²) in [4.78, 5) is 8.52. The van der Waals surface area contributed by atoms with Crippen molar-refractivity contribution in [1.82, 2.24) is 5.32 Å². The maximum Gasteiger partial charge on any atom is 0.221 e. The fourth-order valence-corrected chi connectivity index (χ4v) is 2.24. The van der Waals surface area contributed by atoms with E-state index >= 15 is 0 Å². The van der Waals surface area contributed by atoms with E-state index < -0.39 is 0 Å². The van der Waals surface area contributed by atoms with Gasteiger partial charge in [-0.15, -0.1) is 12.4 Å². The van der Waals surface area contributed by atoms with Crippen molar-refractivity contribution in [3.8, 4) is 0 Å². The van der Waals surface area contributed by atoms with Crippen molar-refractivity contribution in [3.05, 3.63) is 35.9 Å². The molecule has 5 N–H and O–H groups in total. The number of benzene rings is 1. The molecule has 6 heteroatoms. The molecule has 2 rings (SSSR count). The van der Waals surface area contributed by atoms with Gasteiger partial charge in [-0.25, -0.2) is 4.99 Å². The highest BCUT2D eigenvalue weighted by atomic mass is 35.5. The van der Waals surface area contributed by atoms with Gasteiger partial charge in [-0.2, -0.15) is 4.99 Å². The Balaban J connectivity index is 0.00000200. The Morgan fingerprint density at radius 1 is 1.15 bits per heavy atom. The summed E-state index contributed by atoms with van der Waals surface area (Å²) in [6.45, 7) is 0.576. The fraction of sp³-hybridized carbons (Fsp3) is 0.429. The lowest BCUT2D eigenvalue weighted by molar-refractivity contribution is 0.625. The largest absolute Gasteiger partial charge is 0.370 e. The zero-order valence-corrected chi connectivity index (χ0v) is 12.3. The third-order valence-electron chi connectivity index (χ3n) is 3.18. The summed E-state index contributed by atoms with van der Waals surface area (Å²) in [6, 6.07) is 10.5. The Bertz CT molecular complexity index is 448. The van der Waals surface area contributed by atoms with Crippen molar-refractivity contribution in [2.24, 2.45) is 21.5 Å². The molecule has 0 spiro atoms. The van der Waals surface area contributed by atoms with Gasteiger partial charge in [0.25, 0.3) is 0 Å². The second kappa shape index (κ2) is 8.43. The van der Waals surface area contributed by atoms with Crippen LogP contribution in [0.15, 0.2) is 40.3 Å². The van der Waals surface area contributed by atoms with E-state index in [4.69, 9.17) is 11.5 Å². The van der Waals surface area contributed by atoms with E-state index in [1.807, 2.05) is 30.3 Å². The number of hydrogen-bond acceptors (Lipinski definition) is 1. The van der Waals surface area contributed by atoms with Crippen LogP contribution in [-0.4, -0.2) is 18.0 Å². The first-order valence-electron chi connectivity index (χ1n) is 6.68. The quantitative estimate of drug-likeness (QED) is 0.586. The van der Waals surface area contributed by atoms with Gasteiger partial charge in [0.2, 0.25) is 5.96 Å². The van der Waals surface area contributed by atoms with Crippen LogP contribution in [0.3, 0.4) is 0 Å². The highest BCUT2D eigenvalue weighted by Crippen LogP contribution is 2.17. The molecule has 0 bridgehead atoms. The van der Waals surface area contributed by atoms with Gasteiger partial charge in [-0.05, 0) is 18.4 Å². The number of aliphatic imine (C=N–C) groups is 2. The molecule has 0 saturated heterocycles. The zero-order valence-electron chi connectivity index (χ0n) is 11.5. The van der Waals surface area contributed by atoms with Gasteiger partial charge in [-0.1, -0.05) is 43.2 Å². The third kappa shape index (κ3) is 5.48. The Morgan fingerprint density at radius 2 is 1.80 bits per heavy atom. The zero-order chi connectivity index (χ0) is 13.5. The van der Waals surface area contributed by atoms with E-state index in [1.54, 1.807) is 0 Å². The van der Waals surface area contributed by atoms with Gasteiger partial charge < -0.3 is 16.8 Å². The van der Waals surface area contributed by atoms with Gasteiger partial charge in [0.1, 0.15) is 0 Å². The minimum atomic E-state index is 0. The number of halogens is 1. The number of nitrogens with one attached hydrogen (secondary N) is 1. The predicted molar refractivity (Wildman–Crippen MR) is 86.0 cm³/mol. The molecular weight excluding hydrogens is 274 g/mol. The number of nitrogens with zero attached hydrogens (tertiary/aromatic N) is 2. The molecule has 20 heavy (non-hydrogen) atoms. The van der Waals surface area contributed by atoms with Crippen LogP contribution in [0, 0.1) is 0 Å². The van der Waals surface area contributed by atoms with Crippen molar-refractivity contribution >= 4 is 24.3 Å². The van der Waals surface area contributed by atoms with E-state index in [-0.39, 0.29) is 18.4 Å². The SMILES string of the molecule is Cl.NC(N)=NC(=NCc1ccccc1)NC1CCCC1. The Labute approximate surface area is 126 Å². The second-order valence-corrected chi connectivity index (χ2v) is 4.79. The van der Waals surface area contributed by atoms with Gasteiger partial charge >= 0.3 is 0 Å². The number of rotatable bonds is 3. The molecule has 0 aliphatic heterocycles. The van der Waals surface area contributed by atoms with Crippen molar-refractivity contribution in [2.45, 2.75) is 38.3 Å². The highest BCUT2D eigenvalue weighted by Gasteiger charge is 2.15. The number of guanidine groups is 2. The molecule has 1 aliphatic carbocycles. The molecule has 0 atom stereocenters. The molecule has 0 aromatic heterocycles. The van der Waals surface area contributed by atoms with Crippen molar-refractivity contribution in [1.29, 1.82) is 0 Å². The van der Waals surface area contributed by atoms with E-state index in [9.17, 15) is 0 Å². The Kier molecular flexibility index (Phi) is 6.87. The van der Waals surface area contributed by atoms with Crippen LogP contribution < -0.4 is 16.8 Å². The average Bonchev–Trinajstić information content (AvgIpc) is 2.89. The van der Waals surface area contributed by atoms with Gasteiger partial charge in [0.05, 0.1) is 6.54 Å². The molecule has 1 aromatic carbocycles. The number of nitrogens with two attached hydrogens (primary N) is 2. The van der Waals surface area contributed by atoms with Crippen LogP contribution in [0.1, 0.15) is 31.2 Å². The predicted octanol–water partition coefficient (Wildman–Crippen LogP) is 1.77. The molecule has 1 fully saturated rings. The number of hydrogen-bond donors (Lipinski definition) is 3. The fourth-order valence-electron chi connectivity index (χ4n) is 2.24. The molecule has 0 radical (unpaired) electrons. The molecule has 0 amide bonds. The first-order chi connectivity index (χ1) is 9.24. The molecular formula is C14H22ClN5. The smallest absolute Gasteiger partial charge is 0.221 e. The second-order valence-electron chi connectivity index (χ2n) is 4.79. The minimum Gasteiger partial charge on any atom is -0.370 e. The van der Waals surface area contributed by atoms with E-state index in [2.05, 4.69) is 15.3 Å². The molecule has 5 nitrogen and oxygen atoms in total. The third-order valence-corrected chi connectivity index (χ3v) is 3.18. The van der Waals surface area contributed by atoms with Crippen LogP contribution in [0.5, 0.6) is 0 Å². The monoisotopic (exact) mass is 295 g/mol. The topological polar surface area (TPSA) is 88.8 Å². The van der Waals surface area contributed by atoms with Crippen LogP contribution in [0.25, 0.3) is 0 Å². The lowest BCUT2D eigenvalue weighted by atomic mass is 10.2.